The molecule has 2 aromatic rings. The Morgan fingerprint density at radius 3 is 2.43 bits per heavy atom. The van der Waals surface area contributed by atoms with Crippen LogP contribution in [0.4, 0.5) is 19.0 Å². The van der Waals surface area contributed by atoms with Crippen LogP contribution in [0.2, 0.25) is 0 Å². The monoisotopic (exact) mass is 419 g/mol. The first-order chi connectivity index (χ1) is 14.2. The van der Waals surface area contributed by atoms with Crippen molar-refractivity contribution in [2.24, 2.45) is 5.73 Å². The maximum Gasteiger partial charge on any atom is 0.433 e. The Kier molecular flexibility index (Phi) is 6.81. The van der Waals surface area contributed by atoms with Crippen LogP contribution in [0.25, 0.3) is 0 Å². The lowest BCUT2D eigenvalue weighted by atomic mass is 9.91. The number of carbonyl (C=O) groups excluding carboxylic acids is 1. The number of carbonyl (C=O) groups is 1. The van der Waals surface area contributed by atoms with Gasteiger partial charge in [-0.1, -0.05) is 31.2 Å². The lowest BCUT2D eigenvalue weighted by Crippen LogP contribution is -2.23. The van der Waals surface area contributed by atoms with Crippen LogP contribution in [0, 0.1) is 6.92 Å². The molecule has 1 atom stereocenters. The molecule has 1 saturated heterocycles. The summed E-state index contributed by atoms with van der Waals surface area (Å²) in [5.74, 6) is 0.140. The lowest BCUT2D eigenvalue weighted by Gasteiger charge is -2.22. The zero-order valence-corrected chi connectivity index (χ0v) is 17.4. The number of aryl methyl sites for hydroxylation is 2. The van der Waals surface area contributed by atoms with Crippen molar-refractivity contribution in [2.45, 2.75) is 58.2 Å². The van der Waals surface area contributed by atoms with Crippen LogP contribution in [-0.2, 0) is 23.9 Å². The highest BCUT2D eigenvalue weighted by Gasteiger charge is 2.34. The summed E-state index contributed by atoms with van der Waals surface area (Å²) in [4.78, 5) is 18.6. The molecule has 1 aliphatic heterocycles. The van der Waals surface area contributed by atoms with Crippen molar-refractivity contribution < 1.29 is 18.0 Å². The molecule has 0 saturated carbocycles. The fraction of sp³-hybridized carbons (Fsp3) is 0.478. The van der Waals surface area contributed by atoms with E-state index in [0.29, 0.717) is 37.4 Å². The quantitative estimate of drug-likeness (QED) is 0.702. The Morgan fingerprint density at radius 2 is 1.83 bits per heavy atom. The van der Waals surface area contributed by atoms with Crippen molar-refractivity contribution in [3.63, 3.8) is 0 Å². The molecule has 2 heterocycles. The van der Waals surface area contributed by atoms with Gasteiger partial charge >= 0.3 is 6.18 Å². The molecule has 0 amide bonds. The SMILES string of the molecule is Cc1cc(C(C)C(=O)CCc2ccc(C(F)(F)F)nc2N2CCCC2)ccc1CN. The number of Topliss-reactive ketones (excluding diaryl/α,β-unsaturated/α-hetero) is 1. The average Bonchev–Trinajstić information content (AvgIpc) is 3.25. The second-order valence-electron chi connectivity index (χ2n) is 7.95. The van der Waals surface area contributed by atoms with E-state index in [1.165, 1.54) is 6.07 Å². The molecule has 1 aromatic heterocycles. The van der Waals surface area contributed by atoms with E-state index < -0.39 is 11.9 Å². The van der Waals surface area contributed by atoms with Crippen LogP contribution in [0.5, 0.6) is 0 Å². The van der Waals surface area contributed by atoms with Crippen LogP contribution in [0.15, 0.2) is 30.3 Å². The zero-order valence-electron chi connectivity index (χ0n) is 17.4. The lowest BCUT2D eigenvalue weighted by molar-refractivity contribution is -0.141. The first kappa shape index (κ1) is 22.3. The molecule has 1 unspecified atom stereocenters. The van der Waals surface area contributed by atoms with Crippen molar-refractivity contribution in [2.75, 3.05) is 18.0 Å². The van der Waals surface area contributed by atoms with E-state index in [1.807, 2.05) is 36.9 Å². The summed E-state index contributed by atoms with van der Waals surface area (Å²) in [5.41, 5.74) is 8.54. The minimum absolute atomic E-state index is 0.0576. The van der Waals surface area contributed by atoms with Crippen LogP contribution in [-0.4, -0.2) is 23.9 Å². The summed E-state index contributed by atoms with van der Waals surface area (Å²) in [6, 6.07) is 8.34. The van der Waals surface area contributed by atoms with Gasteiger partial charge in [-0.2, -0.15) is 13.2 Å². The summed E-state index contributed by atoms with van der Waals surface area (Å²) in [5, 5.41) is 0. The van der Waals surface area contributed by atoms with E-state index in [4.69, 9.17) is 5.73 Å². The largest absolute Gasteiger partial charge is 0.433 e. The molecular weight excluding hydrogens is 391 g/mol. The third-order valence-corrected chi connectivity index (χ3v) is 5.86. The van der Waals surface area contributed by atoms with E-state index in [-0.39, 0.29) is 18.1 Å². The number of halogens is 3. The van der Waals surface area contributed by atoms with Gasteiger partial charge in [0, 0.05) is 32.0 Å². The summed E-state index contributed by atoms with van der Waals surface area (Å²) >= 11 is 0. The number of rotatable bonds is 7. The molecular formula is C23H28F3N3O. The predicted octanol–water partition coefficient (Wildman–Crippen LogP) is 4.77. The molecule has 0 radical (unpaired) electrons. The Bertz CT molecular complexity index is 905. The van der Waals surface area contributed by atoms with Gasteiger partial charge in [-0.25, -0.2) is 4.98 Å². The van der Waals surface area contributed by atoms with Gasteiger partial charge in [0.05, 0.1) is 0 Å². The van der Waals surface area contributed by atoms with Crippen molar-refractivity contribution in [3.8, 4) is 0 Å². The molecule has 3 rings (SSSR count). The summed E-state index contributed by atoms with van der Waals surface area (Å²) in [7, 11) is 0. The number of nitrogens with zero attached hydrogens (tertiary/aromatic N) is 2. The second-order valence-corrected chi connectivity index (χ2v) is 7.95. The molecule has 30 heavy (non-hydrogen) atoms. The highest BCUT2D eigenvalue weighted by molar-refractivity contribution is 5.85. The minimum Gasteiger partial charge on any atom is -0.356 e. The molecule has 1 aliphatic rings. The number of aromatic nitrogens is 1. The molecule has 2 N–H and O–H groups in total. The normalized spacial score (nSPS) is 15.5. The smallest absolute Gasteiger partial charge is 0.356 e. The Balaban J connectivity index is 1.75. The van der Waals surface area contributed by atoms with E-state index in [0.717, 1.165) is 35.6 Å². The zero-order chi connectivity index (χ0) is 21.9. The van der Waals surface area contributed by atoms with E-state index >= 15 is 0 Å². The van der Waals surface area contributed by atoms with Crippen LogP contribution >= 0.6 is 0 Å². The third-order valence-electron chi connectivity index (χ3n) is 5.86. The summed E-state index contributed by atoms with van der Waals surface area (Å²) < 4.78 is 39.4. The standard InChI is InChI=1S/C23H28F3N3O/c1-15-13-18(5-6-19(15)14-27)16(2)20(30)9-7-17-8-10-21(23(24,25)26)28-22(17)29-11-3-4-12-29/h5-6,8,10,13,16H,3-4,7,9,11-12,14,27H2,1-2H3. The minimum atomic E-state index is -4.48. The fourth-order valence-electron chi connectivity index (χ4n) is 3.91. The van der Waals surface area contributed by atoms with Gasteiger partial charge in [-0.05, 0) is 54.5 Å². The van der Waals surface area contributed by atoms with Gasteiger partial charge in [-0.15, -0.1) is 0 Å². The van der Waals surface area contributed by atoms with Crippen LogP contribution < -0.4 is 10.6 Å². The highest BCUT2D eigenvalue weighted by atomic mass is 19.4. The van der Waals surface area contributed by atoms with Gasteiger partial charge in [0.1, 0.15) is 17.3 Å². The molecule has 0 spiro atoms. The number of alkyl halides is 3. The topological polar surface area (TPSA) is 59.2 Å². The molecule has 1 fully saturated rings. The Hall–Kier alpha value is -2.41. The van der Waals surface area contributed by atoms with Gasteiger partial charge in [0.15, 0.2) is 0 Å². The third kappa shape index (κ3) is 5.01. The predicted molar refractivity (Wildman–Crippen MR) is 111 cm³/mol. The number of hydrogen-bond acceptors (Lipinski definition) is 4. The van der Waals surface area contributed by atoms with Gasteiger partial charge in [-0.3, -0.25) is 4.79 Å². The van der Waals surface area contributed by atoms with E-state index in [2.05, 4.69) is 4.98 Å². The molecule has 7 heteroatoms. The van der Waals surface area contributed by atoms with Gasteiger partial charge in [0.25, 0.3) is 0 Å². The maximum absolute atomic E-state index is 13.1. The van der Waals surface area contributed by atoms with Crippen molar-refractivity contribution in [3.05, 3.63) is 58.3 Å². The number of ketones is 1. The number of benzene rings is 1. The summed E-state index contributed by atoms with van der Waals surface area (Å²) in [6.45, 7) is 5.68. The van der Waals surface area contributed by atoms with Crippen molar-refractivity contribution in [1.82, 2.24) is 4.98 Å². The Labute approximate surface area is 175 Å². The molecule has 4 nitrogen and oxygen atoms in total. The first-order valence-corrected chi connectivity index (χ1v) is 10.3. The van der Waals surface area contributed by atoms with E-state index in [9.17, 15) is 18.0 Å². The van der Waals surface area contributed by atoms with Gasteiger partial charge in [0.2, 0.25) is 0 Å². The Morgan fingerprint density at radius 1 is 1.17 bits per heavy atom. The number of pyridine rings is 1. The second kappa shape index (κ2) is 9.16. The van der Waals surface area contributed by atoms with Gasteiger partial charge < -0.3 is 10.6 Å². The summed E-state index contributed by atoms with van der Waals surface area (Å²) in [6.07, 6.45) is -1.98. The number of nitrogens with two attached hydrogens (primary N) is 1. The molecule has 0 aliphatic carbocycles. The maximum atomic E-state index is 13.1. The van der Waals surface area contributed by atoms with Crippen molar-refractivity contribution in [1.29, 1.82) is 0 Å². The van der Waals surface area contributed by atoms with Crippen LogP contribution in [0.3, 0.4) is 0 Å². The molecule has 1 aromatic carbocycles. The van der Waals surface area contributed by atoms with Crippen LogP contribution in [0.1, 0.15) is 60.1 Å². The highest BCUT2D eigenvalue weighted by Crippen LogP contribution is 2.32. The molecule has 162 valence electrons. The van der Waals surface area contributed by atoms with Crippen molar-refractivity contribution >= 4 is 11.6 Å². The number of anilines is 1. The molecule has 0 bridgehead atoms. The first-order valence-electron chi connectivity index (χ1n) is 10.3. The van der Waals surface area contributed by atoms with E-state index in [1.54, 1.807) is 0 Å². The number of hydrogen-bond donors (Lipinski definition) is 1. The average molecular weight is 419 g/mol. The fourth-order valence-corrected chi connectivity index (χ4v) is 3.91.